The predicted molar refractivity (Wildman–Crippen MR) is 75.3 cm³/mol. The first-order chi connectivity index (χ1) is 9.66. The molecule has 0 saturated carbocycles. The average Bonchev–Trinajstić information content (AvgIpc) is 2.44. The number of halogens is 2. The lowest BCUT2D eigenvalue weighted by molar-refractivity contribution is 0.104. The van der Waals surface area contributed by atoms with Crippen LogP contribution in [0.3, 0.4) is 0 Å². The second-order valence-corrected chi connectivity index (χ2v) is 4.12. The molecule has 2 rings (SSSR count). The number of carbonyl (C=O) groups is 1. The van der Waals surface area contributed by atoms with E-state index in [0.717, 1.165) is 17.7 Å². The van der Waals surface area contributed by atoms with Crippen LogP contribution >= 0.6 is 0 Å². The van der Waals surface area contributed by atoms with E-state index in [4.69, 9.17) is 0 Å². The van der Waals surface area contributed by atoms with Gasteiger partial charge in [0, 0.05) is 6.07 Å². The van der Waals surface area contributed by atoms with Crippen molar-refractivity contribution in [1.82, 2.24) is 0 Å². The second kappa shape index (κ2) is 6.57. The molecule has 1 nitrogen and oxygen atoms in total. The van der Waals surface area contributed by atoms with E-state index in [1.807, 2.05) is 36.4 Å². The topological polar surface area (TPSA) is 17.1 Å². The highest BCUT2D eigenvalue weighted by molar-refractivity contribution is 6.04. The average molecular weight is 270 g/mol. The molecule has 0 aliphatic carbocycles. The van der Waals surface area contributed by atoms with Gasteiger partial charge in [0.2, 0.25) is 0 Å². The number of benzene rings is 2. The van der Waals surface area contributed by atoms with Gasteiger partial charge in [-0.3, -0.25) is 4.79 Å². The van der Waals surface area contributed by atoms with Crippen LogP contribution in [0.4, 0.5) is 8.78 Å². The summed E-state index contributed by atoms with van der Waals surface area (Å²) in [5.41, 5.74) is 0.855. The second-order valence-electron chi connectivity index (χ2n) is 4.12. The highest BCUT2D eigenvalue weighted by atomic mass is 19.1. The van der Waals surface area contributed by atoms with Crippen LogP contribution in [0.15, 0.2) is 66.8 Å². The molecule has 0 heterocycles. The van der Waals surface area contributed by atoms with Crippen molar-refractivity contribution in [2.45, 2.75) is 0 Å². The smallest absolute Gasteiger partial charge is 0.188 e. The van der Waals surface area contributed by atoms with Crippen LogP contribution in [0.2, 0.25) is 0 Å². The molecule has 0 N–H and O–H groups in total. The molecule has 0 unspecified atom stereocenters. The van der Waals surface area contributed by atoms with Crippen LogP contribution in [-0.4, -0.2) is 5.78 Å². The minimum atomic E-state index is -0.855. The van der Waals surface area contributed by atoms with Gasteiger partial charge in [0.15, 0.2) is 5.78 Å². The third-order valence-corrected chi connectivity index (χ3v) is 2.64. The summed E-state index contributed by atoms with van der Waals surface area (Å²) >= 11 is 0. The van der Waals surface area contributed by atoms with Crippen molar-refractivity contribution in [1.29, 1.82) is 0 Å². The van der Waals surface area contributed by atoms with Gasteiger partial charge in [0.1, 0.15) is 11.6 Å². The van der Waals surface area contributed by atoms with Crippen molar-refractivity contribution in [3.63, 3.8) is 0 Å². The van der Waals surface area contributed by atoms with Crippen molar-refractivity contribution in [3.05, 3.63) is 89.5 Å². The molecule has 0 aliphatic heterocycles. The number of hydrogen-bond acceptors (Lipinski definition) is 1. The maximum atomic E-state index is 13.4. The van der Waals surface area contributed by atoms with E-state index in [9.17, 15) is 13.6 Å². The maximum absolute atomic E-state index is 13.4. The molecule has 0 bridgehead atoms. The summed E-state index contributed by atoms with van der Waals surface area (Å²) in [4.78, 5) is 11.7. The van der Waals surface area contributed by atoms with E-state index >= 15 is 0 Å². The molecule has 0 aliphatic rings. The fourth-order valence-electron chi connectivity index (χ4n) is 1.65. The quantitative estimate of drug-likeness (QED) is 0.456. The number of carbonyl (C=O) groups excluding carboxylic acids is 1. The number of ketones is 1. The molecule has 0 amide bonds. The third kappa shape index (κ3) is 3.72. The lowest BCUT2D eigenvalue weighted by atomic mass is 10.1. The van der Waals surface area contributed by atoms with Gasteiger partial charge in [-0.25, -0.2) is 8.78 Å². The summed E-state index contributed by atoms with van der Waals surface area (Å²) in [5, 5.41) is 0. The summed E-state index contributed by atoms with van der Waals surface area (Å²) in [7, 11) is 0. The van der Waals surface area contributed by atoms with Gasteiger partial charge < -0.3 is 0 Å². The molecule has 100 valence electrons. The normalized spacial score (nSPS) is 11.3. The SMILES string of the molecule is O=C(/C=C/C=C/c1ccccc1)c1ccc(F)cc1F. The molecule has 0 spiro atoms. The largest absolute Gasteiger partial charge is 0.289 e. The molecule has 0 fully saturated rings. The first-order valence-corrected chi connectivity index (χ1v) is 6.06. The van der Waals surface area contributed by atoms with Gasteiger partial charge in [-0.15, -0.1) is 0 Å². The Bertz CT molecular complexity index is 658. The van der Waals surface area contributed by atoms with Crippen LogP contribution in [0.1, 0.15) is 15.9 Å². The molecular formula is C17H12F2O. The van der Waals surface area contributed by atoms with E-state index in [-0.39, 0.29) is 5.56 Å². The molecule has 0 radical (unpaired) electrons. The maximum Gasteiger partial charge on any atom is 0.188 e. The number of hydrogen-bond donors (Lipinski definition) is 0. The highest BCUT2D eigenvalue weighted by Gasteiger charge is 2.08. The first-order valence-electron chi connectivity index (χ1n) is 6.06. The fourth-order valence-corrected chi connectivity index (χ4v) is 1.65. The monoisotopic (exact) mass is 270 g/mol. The van der Waals surface area contributed by atoms with Crippen molar-refractivity contribution < 1.29 is 13.6 Å². The molecule has 20 heavy (non-hydrogen) atoms. The predicted octanol–water partition coefficient (Wildman–Crippen LogP) is 4.42. The summed E-state index contributed by atoms with van der Waals surface area (Å²) < 4.78 is 26.1. The van der Waals surface area contributed by atoms with Gasteiger partial charge in [0.05, 0.1) is 5.56 Å². The molecular weight excluding hydrogens is 258 g/mol. The molecule has 0 saturated heterocycles. The van der Waals surface area contributed by atoms with Crippen LogP contribution in [-0.2, 0) is 0 Å². The Morgan fingerprint density at radius 3 is 2.40 bits per heavy atom. The first kappa shape index (κ1) is 13.9. The van der Waals surface area contributed by atoms with E-state index in [1.54, 1.807) is 6.08 Å². The Morgan fingerprint density at radius 1 is 0.950 bits per heavy atom. The van der Waals surface area contributed by atoms with E-state index in [0.29, 0.717) is 6.07 Å². The minimum absolute atomic E-state index is 0.143. The van der Waals surface area contributed by atoms with Gasteiger partial charge >= 0.3 is 0 Å². The molecule has 2 aromatic rings. The molecule has 0 aromatic heterocycles. The zero-order valence-corrected chi connectivity index (χ0v) is 10.6. The van der Waals surface area contributed by atoms with Crippen molar-refractivity contribution in [2.24, 2.45) is 0 Å². The van der Waals surface area contributed by atoms with Crippen LogP contribution < -0.4 is 0 Å². The lowest BCUT2D eigenvalue weighted by Crippen LogP contribution is -1.98. The van der Waals surface area contributed by atoms with Gasteiger partial charge in [0.25, 0.3) is 0 Å². The highest BCUT2D eigenvalue weighted by Crippen LogP contribution is 2.11. The summed E-state index contributed by atoms with van der Waals surface area (Å²) in [6, 6.07) is 12.5. The third-order valence-electron chi connectivity index (χ3n) is 2.64. The molecule has 0 atom stereocenters. The van der Waals surface area contributed by atoms with E-state index < -0.39 is 17.4 Å². The van der Waals surface area contributed by atoms with Gasteiger partial charge in [-0.2, -0.15) is 0 Å². The van der Waals surface area contributed by atoms with Gasteiger partial charge in [-0.1, -0.05) is 48.6 Å². The Morgan fingerprint density at radius 2 is 1.70 bits per heavy atom. The minimum Gasteiger partial charge on any atom is -0.289 e. The van der Waals surface area contributed by atoms with Crippen LogP contribution in [0.5, 0.6) is 0 Å². The van der Waals surface area contributed by atoms with Crippen molar-refractivity contribution in [2.75, 3.05) is 0 Å². The standard InChI is InChI=1S/C17H12F2O/c18-14-10-11-15(16(19)12-14)17(20)9-5-4-8-13-6-2-1-3-7-13/h1-12H/b8-4+,9-5+. The van der Waals surface area contributed by atoms with Crippen LogP contribution in [0.25, 0.3) is 6.08 Å². The van der Waals surface area contributed by atoms with Gasteiger partial charge in [-0.05, 0) is 23.8 Å². The summed E-state index contributed by atoms with van der Waals surface area (Å²) in [6.45, 7) is 0. The zero-order chi connectivity index (χ0) is 14.4. The Labute approximate surface area is 115 Å². The summed E-state index contributed by atoms with van der Waals surface area (Å²) in [6.07, 6.45) is 6.29. The van der Waals surface area contributed by atoms with E-state index in [2.05, 4.69) is 0 Å². The van der Waals surface area contributed by atoms with Crippen molar-refractivity contribution >= 4 is 11.9 Å². The fraction of sp³-hybridized carbons (Fsp3) is 0. The number of allylic oxidation sites excluding steroid dienone is 3. The summed E-state index contributed by atoms with van der Waals surface area (Å²) in [5.74, 6) is -2.06. The zero-order valence-electron chi connectivity index (χ0n) is 10.6. The van der Waals surface area contributed by atoms with Crippen LogP contribution in [0, 0.1) is 11.6 Å². The Hall–Kier alpha value is -2.55. The van der Waals surface area contributed by atoms with Crippen molar-refractivity contribution in [3.8, 4) is 0 Å². The molecule has 3 heteroatoms. The van der Waals surface area contributed by atoms with E-state index in [1.165, 1.54) is 12.2 Å². The molecule has 2 aromatic carbocycles. The Balaban J connectivity index is 2.04. The lowest BCUT2D eigenvalue weighted by Gasteiger charge is -1.97. The number of rotatable bonds is 4. The Kier molecular flexibility index (Phi) is 4.56.